The van der Waals surface area contributed by atoms with Crippen molar-refractivity contribution < 1.29 is 26.8 Å². The first kappa shape index (κ1) is 16.5. The van der Waals surface area contributed by atoms with Gasteiger partial charge in [0, 0.05) is 20.6 Å². The van der Waals surface area contributed by atoms with E-state index in [0.29, 0.717) is 13.0 Å². The Morgan fingerprint density at radius 1 is 1.29 bits per heavy atom. The summed E-state index contributed by atoms with van der Waals surface area (Å²) in [6, 6.07) is 9.80. The maximum Gasteiger partial charge on any atom is 0.305 e. The van der Waals surface area contributed by atoms with Crippen molar-refractivity contribution in [1.82, 2.24) is 0 Å². The fraction of sp³-hybridized carbons (Fsp3) is 0.571. The minimum absolute atomic E-state index is 0.228. The van der Waals surface area contributed by atoms with Gasteiger partial charge in [0.25, 0.3) is 0 Å². The molecule has 21 heavy (non-hydrogen) atoms. The third-order valence-corrected chi connectivity index (χ3v) is 3.94. The van der Waals surface area contributed by atoms with Gasteiger partial charge in [0.05, 0.1) is 19.3 Å². The van der Waals surface area contributed by atoms with Crippen LogP contribution in [0, 0.1) is 0 Å². The van der Waals surface area contributed by atoms with Crippen molar-refractivity contribution in [2.24, 2.45) is 0 Å². The summed E-state index contributed by atoms with van der Waals surface area (Å²) in [6.07, 6.45) is -0.683. The first-order valence-electron chi connectivity index (χ1n) is 6.66. The molecule has 1 aromatic carbocycles. The summed E-state index contributed by atoms with van der Waals surface area (Å²) >= 11 is -1.70. The molecule has 1 unspecified atom stereocenters. The summed E-state index contributed by atoms with van der Waals surface area (Å²) in [6.45, 7) is 0.657. The van der Waals surface area contributed by atoms with Crippen LogP contribution in [0.4, 0.5) is 0 Å². The van der Waals surface area contributed by atoms with Gasteiger partial charge >= 0.3 is 11.4 Å². The Balaban J connectivity index is 1.95. The highest BCUT2D eigenvalue weighted by Gasteiger charge is 2.34. The molecule has 0 saturated carbocycles. The van der Waals surface area contributed by atoms with Crippen molar-refractivity contribution in [3.63, 3.8) is 0 Å². The number of ether oxygens (including phenoxy) is 3. The minimum atomic E-state index is -1.70. The number of rotatable bonds is 8. The zero-order chi connectivity index (χ0) is 15.1. The number of hydrogen-bond acceptors (Lipinski definition) is 6. The van der Waals surface area contributed by atoms with Crippen LogP contribution in [0.2, 0.25) is 0 Å². The third kappa shape index (κ3) is 5.14. The van der Waals surface area contributed by atoms with E-state index < -0.39 is 23.8 Å². The highest BCUT2D eigenvalue weighted by atomic mass is 32.2. The molecule has 6 nitrogen and oxygen atoms in total. The SMILES string of the molecule is COC(C[C@@H](OCc1ccccc1)[C@@H]1COS(=O)O1)OC. The van der Waals surface area contributed by atoms with E-state index in [-0.39, 0.29) is 12.7 Å². The van der Waals surface area contributed by atoms with E-state index in [1.165, 1.54) is 0 Å². The summed E-state index contributed by atoms with van der Waals surface area (Å²) in [5, 5.41) is 0. The molecule has 1 aliphatic rings. The van der Waals surface area contributed by atoms with Gasteiger partial charge in [-0.15, -0.1) is 0 Å². The van der Waals surface area contributed by atoms with Gasteiger partial charge in [0.15, 0.2) is 6.29 Å². The fourth-order valence-electron chi connectivity index (χ4n) is 2.03. The second-order valence-electron chi connectivity index (χ2n) is 4.60. The minimum Gasteiger partial charge on any atom is -0.370 e. The average molecular weight is 316 g/mol. The lowest BCUT2D eigenvalue weighted by Crippen LogP contribution is -2.35. The number of hydrogen-bond donors (Lipinski definition) is 0. The van der Waals surface area contributed by atoms with Crippen LogP contribution in [0.3, 0.4) is 0 Å². The van der Waals surface area contributed by atoms with Crippen LogP contribution < -0.4 is 0 Å². The molecule has 0 amide bonds. The maximum atomic E-state index is 11.2. The number of methoxy groups -OCH3 is 2. The van der Waals surface area contributed by atoms with E-state index in [9.17, 15) is 4.21 Å². The van der Waals surface area contributed by atoms with Crippen molar-refractivity contribution in [2.45, 2.75) is 31.5 Å². The fourth-order valence-corrected chi connectivity index (χ4v) is 2.71. The van der Waals surface area contributed by atoms with Crippen molar-refractivity contribution in [1.29, 1.82) is 0 Å². The molecule has 2 rings (SSSR count). The zero-order valence-corrected chi connectivity index (χ0v) is 12.9. The lowest BCUT2D eigenvalue weighted by atomic mass is 10.1. The van der Waals surface area contributed by atoms with Crippen molar-refractivity contribution in [3.8, 4) is 0 Å². The lowest BCUT2D eigenvalue weighted by Gasteiger charge is -2.25. The molecule has 1 fully saturated rings. The summed E-state index contributed by atoms with van der Waals surface area (Å²) in [5.41, 5.74) is 1.05. The number of benzene rings is 1. The molecule has 0 aromatic heterocycles. The molecule has 1 aliphatic heterocycles. The Bertz CT molecular complexity index is 436. The standard InChI is InChI=1S/C14H20O6S/c1-16-14(17-2)8-12(13-10-19-21(15)20-13)18-9-11-6-4-3-5-7-11/h3-7,12-14H,8-10H2,1-2H3/t12-,13+,21?/m1/s1. The van der Waals surface area contributed by atoms with Gasteiger partial charge in [-0.1, -0.05) is 30.3 Å². The van der Waals surface area contributed by atoms with E-state index in [1.54, 1.807) is 14.2 Å². The molecule has 7 heteroatoms. The largest absolute Gasteiger partial charge is 0.370 e. The van der Waals surface area contributed by atoms with E-state index in [0.717, 1.165) is 5.56 Å². The monoisotopic (exact) mass is 316 g/mol. The van der Waals surface area contributed by atoms with Gasteiger partial charge in [0.2, 0.25) is 0 Å². The van der Waals surface area contributed by atoms with E-state index >= 15 is 0 Å². The normalized spacial score (nSPS) is 23.6. The molecule has 0 N–H and O–H groups in total. The van der Waals surface area contributed by atoms with Gasteiger partial charge in [-0.25, -0.2) is 0 Å². The molecule has 1 aromatic rings. The molecule has 118 valence electrons. The predicted octanol–water partition coefficient (Wildman–Crippen LogP) is 1.57. The molecule has 0 aliphatic carbocycles. The first-order valence-corrected chi connectivity index (χ1v) is 7.66. The molecule has 1 heterocycles. The first-order chi connectivity index (χ1) is 10.2. The van der Waals surface area contributed by atoms with Crippen LogP contribution in [0.5, 0.6) is 0 Å². The van der Waals surface area contributed by atoms with Crippen molar-refractivity contribution in [3.05, 3.63) is 35.9 Å². The van der Waals surface area contributed by atoms with Gasteiger partial charge in [-0.3, -0.25) is 8.37 Å². The van der Waals surface area contributed by atoms with Gasteiger partial charge in [0.1, 0.15) is 6.10 Å². The second-order valence-corrected chi connectivity index (χ2v) is 5.43. The Hall–Kier alpha value is -0.830. The van der Waals surface area contributed by atoms with Crippen LogP contribution in [-0.2, 0) is 40.5 Å². The third-order valence-electron chi connectivity index (χ3n) is 3.20. The smallest absolute Gasteiger partial charge is 0.305 e. The molecule has 0 spiro atoms. The highest BCUT2D eigenvalue weighted by Crippen LogP contribution is 2.21. The molecular weight excluding hydrogens is 296 g/mol. The Labute approximate surface area is 127 Å². The summed E-state index contributed by atoms with van der Waals surface area (Å²) in [7, 11) is 3.12. The van der Waals surface area contributed by atoms with Crippen LogP contribution >= 0.6 is 0 Å². The highest BCUT2D eigenvalue weighted by molar-refractivity contribution is 7.75. The average Bonchev–Trinajstić information content (AvgIpc) is 2.95. The van der Waals surface area contributed by atoms with E-state index in [2.05, 4.69) is 0 Å². The molecule has 0 bridgehead atoms. The lowest BCUT2D eigenvalue weighted by molar-refractivity contribution is -0.144. The van der Waals surface area contributed by atoms with Crippen LogP contribution in [0.1, 0.15) is 12.0 Å². The predicted molar refractivity (Wildman–Crippen MR) is 76.4 cm³/mol. The van der Waals surface area contributed by atoms with Gasteiger partial charge in [-0.2, -0.15) is 4.21 Å². The van der Waals surface area contributed by atoms with Crippen molar-refractivity contribution in [2.75, 3.05) is 20.8 Å². The quantitative estimate of drug-likeness (QED) is 0.679. The Morgan fingerprint density at radius 3 is 2.57 bits per heavy atom. The topological polar surface area (TPSA) is 63.2 Å². The molecule has 0 radical (unpaired) electrons. The van der Waals surface area contributed by atoms with Crippen LogP contribution in [0.15, 0.2) is 30.3 Å². The molecule has 3 atom stereocenters. The van der Waals surface area contributed by atoms with Crippen LogP contribution in [-0.4, -0.2) is 43.5 Å². The summed E-state index contributed by atoms with van der Waals surface area (Å²) in [5.74, 6) is 0. The van der Waals surface area contributed by atoms with Gasteiger partial charge < -0.3 is 14.2 Å². The Morgan fingerprint density at radius 2 is 2.00 bits per heavy atom. The zero-order valence-electron chi connectivity index (χ0n) is 12.1. The van der Waals surface area contributed by atoms with Crippen LogP contribution in [0.25, 0.3) is 0 Å². The van der Waals surface area contributed by atoms with E-state index in [1.807, 2.05) is 30.3 Å². The van der Waals surface area contributed by atoms with Gasteiger partial charge in [-0.05, 0) is 5.56 Å². The summed E-state index contributed by atoms with van der Waals surface area (Å²) < 4.78 is 37.6. The molecular formula is C14H20O6S. The van der Waals surface area contributed by atoms with E-state index in [4.69, 9.17) is 22.6 Å². The van der Waals surface area contributed by atoms with Crippen molar-refractivity contribution >= 4 is 11.4 Å². The summed E-state index contributed by atoms with van der Waals surface area (Å²) in [4.78, 5) is 0. The Kier molecular flexibility index (Phi) is 6.75. The maximum absolute atomic E-state index is 11.2. The molecule has 1 saturated heterocycles. The second kappa shape index (κ2) is 8.57.